The average molecular weight is 760 g/mol. The predicted molar refractivity (Wildman–Crippen MR) is 229 cm³/mol. The van der Waals surface area contributed by atoms with Crippen LogP contribution in [0.1, 0.15) is 199 Å². The van der Waals surface area contributed by atoms with Crippen molar-refractivity contribution in [3.05, 3.63) is 0 Å². The summed E-state index contributed by atoms with van der Waals surface area (Å²) in [5.74, 6) is 13.1. The first-order valence-corrected chi connectivity index (χ1v) is 27.2. The molecule has 9 aliphatic carbocycles. The quantitative estimate of drug-likeness (QED) is 0.275. The van der Waals surface area contributed by atoms with Crippen LogP contribution in [0, 0.1) is 71.0 Å². The number of hydrogen-bond acceptors (Lipinski definition) is 3. The Morgan fingerprint density at radius 2 is 0.849 bits per heavy atom. The van der Waals surface area contributed by atoms with Gasteiger partial charge in [-0.1, -0.05) is 70.6 Å². The van der Waals surface area contributed by atoms with Crippen LogP contribution in [-0.4, -0.2) is 44.0 Å². The molecule has 0 N–H and O–H groups in total. The molecule has 2 aliphatic heterocycles. The van der Waals surface area contributed by atoms with E-state index in [4.69, 9.17) is 0 Å². The molecular formula is C50H81NS2. The first-order chi connectivity index (χ1) is 26.3. The summed E-state index contributed by atoms with van der Waals surface area (Å²) >= 11 is 5.21. The largest absolute Gasteiger partial charge is 0.293 e. The van der Waals surface area contributed by atoms with E-state index in [0.29, 0.717) is 0 Å². The third-order valence-corrected chi connectivity index (χ3v) is 24.3. The molecule has 298 valence electrons. The molecule has 1 nitrogen and oxygen atoms in total. The van der Waals surface area contributed by atoms with Gasteiger partial charge in [0.25, 0.3) is 0 Å². The van der Waals surface area contributed by atoms with Crippen LogP contribution in [0.4, 0.5) is 0 Å². The van der Waals surface area contributed by atoms with Gasteiger partial charge in [0, 0.05) is 39.1 Å². The zero-order chi connectivity index (χ0) is 34.9. The monoisotopic (exact) mass is 760 g/mol. The zero-order valence-corrected chi connectivity index (χ0v) is 35.8. The lowest BCUT2D eigenvalue weighted by Gasteiger charge is -2.53. The van der Waals surface area contributed by atoms with Crippen molar-refractivity contribution in [3.63, 3.8) is 0 Å². The maximum Gasteiger partial charge on any atom is 0.0237 e. The van der Waals surface area contributed by atoms with Crippen LogP contribution in [0.2, 0.25) is 0 Å². The molecule has 14 atom stereocenters. The van der Waals surface area contributed by atoms with Gasteiger partial charge >= 0.3 is 0 Å². The van der Waals surface area contributed by atoms with Gasteiger partial charge in [0.1, 0.15) is 0 Å². The van der Waals surface area contributed by atoms with Crippen molar-refractivity contribution in [3.8, 4) is 0 Å². The van der Waals surface area contributed by atoms with E-state index in [1.807, 2.05) is 0 Å². The molecule has 2 saturated heterocycles. The summed E-state index contributed by atoms with van der Waals surface area (Å²) in [5.41, 5.74) is 0. The molecule has 0 aromatic heterocycles. The fourth-order valence-corrected chi connectivity index (χ4v) is 22.9. The Hall–Kier alpha value is 0.660. The van der Waals surface area contributed by atoms with Crippen molar-refractivity contribution >= 4 is 23.5 Å². The number of thioether (sulfide) groups is 2. The summed E-state index contributed by atoms with van der Waals surface area (Å²) in [4.78, 5) is 3.46. The molecule has 0 bridgehead atoms. The van der Waals surface area contributed by atoms with Gasteiger partial charge in [0.2, 0.25) is 0 Å². The second-order valence-electron chi connectivity index (χ2n) is 22.5. The molecule has 0 radical (unpaired) electrons. The minimum absolute atomic E-state index is 0.915. The van der Waals surface area contributed by atoms with Crippen molar-refractivity contribution in [2.24, 2.45) is 71.0 Å². The number of rotatable bonds is 5. The molecule has 0 spiro atoms. The molecule has 3 heteroatoms. The number of nitrogens with zero attached hydrogens (tertiary/aromatic N) is 1. The Morgan fingerprint density at radius 1 is 0.302 bits per heavy atom. The predicted octanol–water partition coefficient (Wildman–Crippen LogP) is 14.0. The standard InChI is InChI=1S/C50H81NS2/c1-2-9-32(10-3-1)33-21-25-38(26-22-33)51(39-27-23-34(24-28-39)37-20-19-36-18-17-35-11-4-5-12-40(35)44(36)31-37)45-15-8-14-41-42-29-30-47-48(50(42)53-49(41)45)43-13-6-7-16-46(43)52-47/h32-50H,1-31H2. The Balaban J connectivity index is 0.808. The maximum atomic E-state index is 3.46. The van der Waals surface area contributed by atoms with Crippen LogP contribution in [0.15, 0.2) is 0 Å². The Bertz CT molecular complexity index is 1210. The summed E-state index contributed by atoms with van der Waals surface area (Å²) in [6, 6.07) is 2.75. The van der Waals surface area contributed by atoms with Gasteiger partial charge < -0.3 is 0 Å². The second kappa shape index (κ2) is 16.0. The molecule has 11 rings (SSSR count). The van der Waals surface area contributed by atoms with E-state index in [1.165, 1.54) is 25.7 Å². The van der Waals surface area contributed by atoms with Crippen LogP contribution in [0.5, 0.6) is 0 Å². The minimum Gasteiger partial charge on any atom is -0.293 e. The highest BCUT2D eigenvalue weighted by Crippen LogP contribution is 2.65. The second-order valence-corrected chi connectivity index (χ2v) is 25.3. The third-order valence-electron chi connectivity index (χ3n) is 20.5. The lowest BCUT2D eigenvalue weighted by atomic mass is 9.55. The van der Waals surface area contributed by atoms with E-state index < -0.39 is 0 Å². The van der Waals surface area contributed by atoms with E-state index in [9.17, 15) is 0 Å². The summed E-state index contributed by atoms with van der Waals surface area (Å²) in [5, 5.41) is 4.08. The molecule has 2 heterocycles. The molecule has 0 aromatic rings. The summed E-state index contributed by atoms with van der Waals surface area (Å²) in [6.45, 7) is 0. The first-order valence-electron chi connectivity index (χ1n) is 25.3. The molecule has 0 aromatic carbocycles. The molecule has 9 saturated carbocycles. The van der Waals surface area contributed by atoms with Crippen molar-refractivity contribution in [2.45, 2.75) is 238 Å². The molecule has 0 amide bonds. The average Bonchev–Trinajstić information content (AvgIpc) is 3.81. The zero-order valence-electron chi connectivity index (χ0n) is 34.2. The Kier molecular flexibility index (Phi) is 11.1. The molecular weight excluding hydrogens is 679 g/mol. The normalized spacial score (nSPS) is 53.2. The van der Waals surface area contributed by atoms with E-state index in [1.54, 1.807) is 173 Å². The van der Waals surface area contributed by atoms with E-state index >= 15 is 0 Å². The lowest BCUT2D eigenvalue weighted by molar-refractivity contribution is -0.0252. The van der Waals surface area contributed by atoms with Gasteiger partial charge in [-0.3, -0.25) is 4.90 Å². The first kappa shape index (κ1) is 36.7. The topological polar surface area (TPSA) is 3.24 Å². The van der Waals surface area contributed by atoms with Crippen molar-refractivity contribution in [2.75, 3.05) is 0 Å². The van der Waals surface area contributed by atoms with Crippen molar-refractivity contribution < 1.29 is 0 Å². The smallest absolute Gasteiger partial charge is 0.0237 e. The van der Waals surface area contributed by atoms with E-state index in [-0.39, 0.29) is 0 Å². The SMILES string of the molecule is C1CCC(C2CCC(N(C3CCC(C4CCC5CCC6CCCCC6C5C4)CC3)C3CCCC4C5CCC6SC7CCCCC7C6C5SC43)CC2)CC1. The van der Waals surface area contributed by atoms with Gasteiger partial charge in [-0.25, -0.2) is 0 Å². The maximum absolute atomic E-state index is 3.46. The van der Waals surface area contributed by atoms with Crippen molar-refractivity contribution in [1.29, 1.82) is 0 Å². The van der Waals surface area contributed by atoms with Crippen LogP contribution in [0.25, 0.3) is 0 Å². The highest BCUT2D eigenvalue weighted by Gasteiger charge is 2.60. The highest BCUT2D eigenvalue weighted by molar-refractivity contribution is 8.02. The Labute approximate surface area is 336 Å². The van der Waals surface area contributed by atoms with Gasteiger partial charge in [-0.15, -0.1) is 0 Å². The fourth-order valence-electron chi connectivity index (χ4n) is 18.2. The van der Waals surface area contributed by atoms with Crippen LogP contribution >= 0.6 is 23.5 Å². The number of fused-ring (bicyclic) bond motifs is 10. The summed E-state index contributed by atoms with van der Waals surface area (Å²) in [7, 11) is 0. The van der Waals surface area contributed by atoms with Crippen LogP contribution < -0.4 is 0 Å². The van der Waals surface area contributed by atoms with E-state index in [0.717, 1.165) is 110 Å². The number of hydrogen-bond donors (Lipinski definition) is 0. The lowest BCUT2D eigenvalue weighted by Crippen LogP contribution is -2.57. The third kappa shape index (κ3) is 6.93. The van der Waals surface area contributed by atoms with Gasteiger partial charge in [-0.05, 0) is 199 Å². The molecule has 11 aliphatic rings. The fraction of sp³-hybridized carbons (Fsp3) is 1.00. The highest BCUT2D eigenvalue weighted by atomic mass is 32.2. The molecule has 11 fully saturated rings. The van der Waals surface area contributed by atoms with Gasteiger partial charge in [0.05, 0.1) is 0 Å². The van der Waals surface area contributed by atoms with Gasteiger partial charge in [-0.2, -0.15) is 23.5 Å². The minimum atomic E-state index is 0.915. The van der Waals surface area contributed by atoms with Crippen LogP contribution in [0.3, 0.4) is 0 Å². The molecule has 14 unspecified atom stereocenters. The Morgan fingerprint density at radius 3 is 1.62 bits per heavy atom. The summed E-state index contributed by atoms with van der Waals surface area (Å²) < 4.78 is 0. The summed E-state index contributed by atoms with van der Waals surface area (Å²) in [6.07, 6.45) is 48.9. The van der Waals surface area contributed by atoms with Crippen molar-refractivity contribution in [1.82, 2.24) is 4.90 Å². The molecule has 53 heavy (non-hydrogen) atoms. The van der Waals surface area contributed by atoms with Gasteiger partial charge in [0.15, 0.2) is 0 Å². The van der Waals surface area contributed by atoms with Crippen LogP contribution in [-0.2, 0) is 0 Å². The van der Waals surface area contributed by atoms with E-state index in [2.05, 4.69) is 28.4 Å².